The molecule has 3 nitrogen and oxygen atoms in total. The number of aliphatic hydroxyl groups excluding tert-OH is 1. The van der Waals surface area contributed by atoms with Gasteiger partial charge in [-0.3, -0.25) is 0 Å². The van der Waals surface area contributed by atoms with Crippen molar-refractivity contribution in [2.45, 2.75) is 0 Å². The minimum atomic E-state index is 0.0231. The Bertz CT molecular complexity index is 59.8. The largest absolute Gasteiger partial charge is 0.509 e. The first-order chi connectivity index (χ1) is 2.81. The normalized spacial score (nSPS) is 11.8. The van der Waals surface area contributed by atoms with Crippen molar-refractivity contribution in [2.75, 3.05) is 6.54 Å². The van der Waals surface area contributed by atoms with Crippen molar-refractivity contribution in [3.05, 3.63) is 12.0 Å². The molecule has 0 atom stereocenters. The Hall–Kier alpha value is -0.700. The molecular weight excluding hydrogens is 80.0 g/mol. The molecule has 3 heteroatoms. The average molecular weight is 88.1 g/mol. The zero-order chi connectivity index (χ0) is 4.99. The topological polar surface area (TPSA) is 72.3 Å². The number of rotatable bonds is 1. The fourth-order valence-corrected chi connectivity index (χ4v) is 0.0680. The van der Waals surface area contributed by atoms with Crippen molar-refractivity contribution in [3.8, 4) is 0 Å². The van der Waals surface area contributed by atoms with Crippen molar-refractivity contribution in [2.24, 2.45) is 11.5 Å². The highest BCUT2D eigenvalue weighted by Gasteiger charge is 1.77. The van der Waals surface area contributed by atoms with Crippen molar-refractivity contribution >= 4 is 0 Å². The van der Waals surface area contributed by atoms with Gasteiger partial charge in [-0.05, 0) is 0 Å². The molecule has 0 bridgehead atoms. The summed E-state index contributed by atoms with van der Waals surface area (Å²) < 4.78 is 0. The molecule has 0 amide bonds. The van der Waals surface area contributed by atoms with Crippen LogP contribution in [0.15, 0.2) is 12.0 Å². The van der Waals surface area contributed by atoms with Crippen LogP contribution in [0.4, 0.5) is 0 Å². The van der Waals surface area contributed by atoms with Crippen LogP contribution in [-0.4, -0.2) is 11.7 Å². The molecule has 0 fully saturated rings. The first kappa shape index (κ1) is 5.30. The van der Waals surface area contributed by atoms with Gasteiger partial charge in [0.1, 0.15) is 5.76 Å². The molecule has 0 radical (unpaired) electrons. The molecule has 0 saturated carbocycles. The summed E-state index contributed by atoms with van der Waals surface area (Å²) in [4.78, 5) is 0. The van der Waals surface area contributed by atoms with Crippen LogP contribution in [0.3, 0.4) is 0 Å². The van der Waals surface area contributed by atoms with Gasteiger partial charge >= 0.3 is 0 Å². The molecule has 0 rings (SSSR count). The predicted octanol–water partition coefficient (Wildman–Crippen LogP) is -0.697. The zero-order valence-corrected chi connectivity index (χ0v) is 3.39. The molecule has 0 aliphatic carbocycles. The number of hydrogen-bond donors (Lipinski definition) is 3. The molecule has 6 heavy (non-hydrogen) atoms. The van der Waals surface area contributed by atoms with Gasteiger partial charge in [-0.25, -0.2) is 0 Å². The van der Waals surface area contributed by atoms with Crippen LogP contribution in [0.2, 0.25) is 0 Å². The maximum absolute atomic E-state index is 8.28. The zero-order valence-electron chi connectivity index (χ0n) is 3.39. The lowest BCUT2D eigenvalue weighted by Crippen LogP contribution is -2.03. The van der Waals surface area contributed by atoms with E-state index < -0.39 is 0 Å². The molecule has 0 heterocycles. The Morgan fingerprint density at radius 2 is 2.33 bits per heavy atom. The summed E-state index contributed by atoms with van der Waals surface area (Å²) in [6.07, 6.45) is 1.07. The second-order valence-electron chi connectivity index (χ2n) is 0.862. The molecule has 0 aromatic carbocycles. The van der Waals surface area contributed by atoms with Crippen molar-refractivity contribution in [1.82, 2.24) is 0 Å². The lowest BCUT2D eigenvalue weighted by Gasteiger charge is -1.85. The Kier molecular flexibility index (Phi) is 2.24. The van der Waals surface area contributed by atoms with Crippen LogP contribution < -0.4 is 11.5 Å². The van der Waals surface area contributed by atoms with E-state index in [1.54, 1.807) is 0 Å². The van der Waals surface area contributed by atoms with Crippen LogP contribution in [0, 0.1) is 0 Å². The lowest BCUT2D eigenvalue weighted by molar-refractivity contribution is 0.402. The van der Waals surface area contributed by atoms with Gasteiger partial charge in [0.25, 0.3) is 0 Å². The molecule has 0 aromatic heterocycles. The first-order valence-electron chi connectivity index (χ1n) is 1.61. The second kappa shape index (κ2) is 2.53. The SMILES string of the molecule is N/C=C(\O)CN. The summed E-state index contributed by atoms with van der Waals surface area (Å²) >= 11 is 0. The van der Waals surface area contributed by atoms with E-state index in [2.05, 4.69) is 0 Å². The first-order valence-corrected chi connectivity index (χ1v) is 1.61. The molecule has 5 N–H and O–H groups in total. The third-order valence-corrected chi connectivity index (χ3v) is 0.402. The molecule has 36 valence electrons. The molecule has 0 saturated heterocycles. The third kappa shape index (κ3) is 1.60. The maximum Gasteiger partial charge on any atom is 0.121 e. The van der Waals surface area contributed by atoms with E-state index in [0.29, 0.717) is 0 Å². The Balaban J connectivity index is 3.22. The highest BCUT2D eigenvalue weighted by atomic mass is 16.3. The molecule has 0 aliphatic rings. The van der Waals surface area contributed by atoms with Crippen molar-refractivity contribution < 1.29 is 5.11 Å². The minimum absolute atomic E-state index is 0.0231. The standard InChI is InChI=1S/C3H8N2O/c4-1-3(6)2-5/h1,6H,2,4-5H2/b3-1-. The third-order valence-electron chi connectivity index (χ3n) is 0.402. The van der Waals surface area contributed by atoms with Gasteiger partial charge in [0.2, 0.25) is 0 Å². The highest BCUT2D eigenvalue weighted by molar-refractivity contribution is 4.86. The summed E-state index contributed by atoms with van der Waals surface area (Å²) in [7, 11) is 0. The Morgan fingerprint density at radius 3 is 2.33 bits per heavy atom. The molecule has 0 aromatic rings. The van der Waals surface area contributed by atoms with Crippen molar-refractivity contribution in [1.29, 1.82) is 0 Å². The van der Waals surface area contributed by atoms with Crippen LogP contribution in [0.25, 0.3) is 0 Å². The van der Waals surface area contributed by atoms with Gasteiger partial charge in [0.05, 0.1) is 6.54 Å². The highest BCUT2D eigenvalue weighted by Crippen LogP contribution is 1.72. The van der Waals surface area contributed by atoms with Gasteiger partial charge in [-0.15, -0.1) is 0 Å². The molecule has 0 aliphatic heterocycles. The predicted molar refractivity (Wildman–Crippen MR) is 24.0 cm³/mol. The van der Waals surface area contributed by atoms with Gasteiger partial charge in [-0.1, -0.05) is 0 Å². The van der Waals surface area contributed by atoms with Crippen LogP contribution in [-0.2, 0) is 0 Å². The van der Waals surface area contributed by atoms with E-state index in [1.807, 2.05) is 0 Å². The fourth-order valence-electron chi connectivity index (χ4n) is 0.0680. The van der Waals surface area contributed by atoms with E-state index in [-0.39, 0.29) is 12.3 Å². The van der Waals surface area contributed by atoms with E-state index in [9.17, 15) is 0 Å². The summed E-state index contributed by atoms with van der Waals surface area (Å²) in [6.45, 7) is 0.122. The number of nitrogens with two attached hydrogens (primary N) is 2. The molecule has 0 unspecified atom stereocenters. The summed E-state index contributed by atoms with van der Waals surface area (Å²) in [5.41, 5.74) is 9.67. The average Bonchev–Trinajstić information content (AvgIpc) is 1.65. The van der Waals surface area contributed by atoms with E-state index in [0.717, 1.165) is 6.20 Å². The minimum Gasteiger partial charge on any atom is -0.509 e. The Morgan fingerprint density at radius 1 is 1.83 bits per heavy atom. The van der Waals surface area contributed by atoms with Gasteiger partial charge in [0.15, 0.2) is 0 Å². The summed E-state index contributed by atoms with van der Waals surface area (Å²) in [5, 5.41) is 8.28. The summed E-state index contributed by atoms with van der Waals surface area (Å²) in [5.74, 6) is 0.0231. The lowest BCUT2D eigenvalue weighted by atomic mass is 10.5. The maximum atomic E-state index is 8.28. The van der Waals surface area contributed by atoms with Gasteiger partial charge < -0.3 is 16.6 Å². The van der Waals surface area contributed by atoms with Crippen LogP contribution in [0.5, 0.6) is 0 Å². The van der Waals surface area contributed by atoms with Crippen LogP contribution >= 0.6 is 0 Å². The number of hydrogen-bond acceptors (Lipinski definition) is 3. The second-order valence-corrected chi connectivity index (χ2v) is 0.862. The van der Waals surface area contributed by atoms with Crippen molar-refractivity contribution in [3.63, 3.8) is 0 Å². The number of aliphatic hydroxyl groups is 1. The summed E-state index contributed by atoms with van der Waals surface area (Å²) in [6, 6.07) is 0. The smallest absolute Gasteiger partial charge is 0.121 e. The van der Waals surface area contributed by atoms with E-state index in [4.69, 9.17) is 16.6 Å². The van der Waals surface area contributed by atoms with Gasteiger partial charge in [-0.2, -0.15) is 0 Å². The fraction of sp³-hybridized carbons (Fsp3) is 0.333. The van der Waals surface area contributed by atoms with Crippen LogP contribution in [0.1, 0.15) is 0 Å². The molecule has 0 spiro atoms. The Labute approximate surface area is 36.3 Å². The van der Waals surface area contributed by atoms with E-state index >= 15 is 0 Å². The monoisotopic (exact) mass is 88.1 g/mol. The van der Waals surface area contributed by atoms with E-state index in [1.165, 1.54) is 0 Å². The van der Waals surface area contributed by atoms with Gasteiger partial charge in [0, 0.05) is 6.20 Å². The quantitative estimate of drug-likeness (QED) is 0.371. The molecular formula is C3H8N2O.